The van der Waals surface area contributed by atoms with Crippen LogP contribution in [0.4, 0.5) is 10.1 Å². The van der Waals surface area contributed by atoms with Crippen LogP contribution >= 0.6 is 0 Å². The van der Waals surface area contributed by atoms with E-state index in [0.29, 0.717) is 12.0 Å². The SMILES string of the molecule is CC(C1CC1)N(C)S(=O)(=O)c1ccc([N+](=O)[O-])c(F)c1. The summed E-state index contributed by atoms with van der Waals surface area (Å²) in [5, 5.41) is 10.5. The van der Waals surface area contributed by atoms with Gasteiger partial charge < -0.3 is 0 Å². The van der Waals surface area contributed by atoms with E-state index in [4.69, 9.17) is 0 Å². The Bertz CT molecular complexity index is 643. The number of nitro groups is 1. The average molecular weight is 302 g/mol. The highest BCUT2D eigenvalue weighted by atomic mass is 32.2. The smallest absolute Gasteiger partial charge is 0.258 e. The van der Waals surface area contributed by atoms with E-state index in [1.165, 1.54) is 11.4 Å². The summed E-state index contributed by atoms with van der Waals surface area (Å²) >= 11 is 0. The van der Waals surface area contributed by atoms with Gasteiger partial charge in [-0.2, -0.15) is 8.70 Å². The van der Waals surface area contributed by atoms with Crippen LogP contribution in [0.5, 0.6) is 0 Å². The summed E-state index contributed by atoms with van der Waals surface area (Å²) in [5.74, 6) is -0.818. The summed E-state index contributed by atoms with van der Waals surface area (Å²) in [7, 11) is -2.40. The van der Waals surface area contributed by atoms with Crippen molar-refractivity contribution in [2.75, 3.05) is 7.05 Å². The zero-order valence-corrected chi connectivity index (χ0v) is 11.9. The van der Waals surface area contributed by atoms with Gasteiger partial charge in [-0.05, 0) is 31.7 Å². The normalized spacial score (nSPS) is 17.2. The number of benzene rings is 1. The van der Waals surface area contributed by atoms with Crippen molar-refractivity contribution >= 4 is 15.7 Å². The first-order valence-corrected chi connectivity index (χ1v) is 7.61. The highest BCUT2D eigenvalue weighted by molar-refractivity contribution is 7.89. The summed E-state index contributed by atoms with van der Waals surface area (Å²) in [6.45, 7) is 1.80. The molecule has 6 nitrogen and oxygen atoms in total. The lowest BCUT2D eigenvalue weighted by atomic mass is 10.2. The van der Waals surface area contributed by atoms with Gasteiger partial charge in [0.1, 0.15) is 0 Å². The molecule has 0 N–H and O–H groups in total. The van der Waals surface area contributed by atoms with Crippen LogP contribution in [0.25, 0.3) is 0 Å². The van der Waals surface area contributed by atoms with Gasteiger partial charge >= 0.3 is 5.69 Å². The molecule has 0 radical (unpaired) electrons. The van der Waals surface area contributed by atoms with Gasteiger partial charge in [-0.15, -0.1) is 0 Å². The number of sulfonamides is 1. The molecule has 1 saturated carbocycles. The number of nitrogens with zero attached hydrogens (tertiary/aromatic N) is 2. The number of hydrogen-bond donors (Lipinski definition) is 0. The fraction of sp³-hybridized carbons (Fsp3) is 0.500. The van der Waals surface area contributed by atoms with E-state index >= 15 is 0 Å². The minimum Gasteiger partial charge on any atom is -0.258 e. The monoisotopic (exact) mass is 302 g/mol. The highest BCUT2D eigenvalue weighted by Gasteiger charge is 2.36. The minimum atomic E-state index is -3.84. The second kappa shape index (κ2) is 5.10. The van der Waals surface area contributed by atoms with Crippen LogP contribution in [0.1, 0.15) is 19.8 Å². The molecular formula is C12H15FN2O4S. The Morgan fingerprint density at radius 1 is 1.45 bits per heavy atom. The summed E-state index contributed by atoms with van der Waals surface area (Å²) < 4.78 is 39.4. The van der Waals surface area contributed by atoms with Gasteiger partial charge in [0, 0.05) is 25.2 Å². The maximum Gasteiger partial charge on any atom is 0.304 e. The van der Waals surface area contributed by atoms with Crippen molar-refractivity contribution in [2.45, 2.75) is 30.7 Å². The van der Waals surface area contributed by atoms with E-state index < -0.39 is 26.5 Å². The van der Waals surface area contributed by atoms with Gasteiger partial charge in [-0.3, -0.25) is 10.1 Å². The Morgan fingerprint density at radius 3 is 2.50 bits per heavy atom. The van der Waals surface area contributed by atoms with E-state index in [1.807, 2.05) is 0 Å². The predicted molar refractivity (Wildman–Crippen MR) is 70.2 cm³/mol. The molecule has 1 aliphatic carbocycles. The molecule has 110 valence electrons. The Kier molecular flexibility index (Phi) is 3.79. The molecule has 0 aromatic heterocycles. The molecule has 1 aromatic carbocycles. The molecule has 1 fully saturated rings. The van der Waals surface area contributed by atoms with Crippen LogP contribution in [-0.2, 0) is 10.0 Å². The molecular weight excluding hydrogens is 287 g/mol. The van der Waals surface area contributed by atoms with Crippen LogP contribution in [-0.4, -0.2) is 30.7 Å². The molecule has 8 heteroatoms. The van der Waals surface area contributed by atoms with E-state index in [0.717, 1.165) is 25.0 Å². The largest absolute Gasteiger partial charge is 0.304 e. The number of rotatable bonds is 5. The molecule has 1 aliphatic rings. The summed E-state index contributed by atoms with van der Waals surface area (Å²) in [6, 6.07) is 2.46. The number of nitro benzene ring substituents is 1. The Morgan fingerprint density at radius 2 is 2.05 bits per heavy atom. The van der Waals surface area contributed by atoms with E-state index in [1.54, 1.807) is 6.92 Å². The van der Waals surface area contributed by atoms with E-state index in [2.05, 4.69) is 0 Å². The molecule has 0 bridgehead atoms. The molecule has 20 heavy (non-hydrogen) atoms. The third kappa shape index (κ3) is 2.66. The first-order valence-electron chi connectivity index (χ1n) is 6.17. The predicted octanol–water partition coefficient (Wildman–Crippen LogP) is 2.15. The molecule has 0 amide bonds. The zero-order valence-electron chi connectivity index (χ0n) is 11.1. The highest BCUT2D eigenvalue weighted by Crippen LogP contribution is 2.36. The van der Waals surface area contributed by atoms with Crippen molar-refractivity contribution in [3.63, 3.8) is 0 Å². The van der Waals surface area contributed by atoms with Crippen molar-refractivity contribution in [1.29, 1.82) is 0 Å². The fourth-order valence-corrected chi connectivity index (χ4v) is 3.49. The van der Waals surface area contributed by atoms with Gasteiger partial charge in [0.2, 0.25) is 15.8 Å². The molecule has 1 aromatic rings. The third-order valence-electron chi connectivity index (χ3n) is 3.67. The summed E-state index contributed by atoms with van der Waals surface area (Å²) in [4.78, 5) is 9.37. The molecule has 0 saturated heterocycles. The van der Waals surface area contributed by atoms with Crippen molar-refractivity contribution in [3.8, 4) is 0 Å². The standard InChI is InChI=1S/C12H15FN2O4S/c1-8(9-3-4-9)14(2)20(18,19)10-5-6-12(15(16)17)11(13)7-10/h5-9H,3-4H2,1-2H3. The lowest BCUT2D eigenvalue weighted by molar-refractivity contribution is -0.387. The number of halogens is 1. The Balaban J connectivity index is 2.34. The molecule has 2 rings (SSSR count). The Labute approximate surface area is 116 Å². The topological polar surface area (TPSA) is 80.5 Å². The number of hydrogen-bond acceptors (Lipinski definition) is 4. The zero-order chi connectivity index (χ0) is 15.1. The van der Waals surface area contributed by atoms with Gasteiger partial charge in [-0.1, -0.05) is 0 Å². The Hall–Kier alpha value is -1.54. The first-order chi connectivity index (χ1) is 9.25. The van der Waals surface area contributed by atoms with Crippen molar-refractivity contribution in [1.82, 2.24) is 4.31 Å². The van der Waals surface area contributed by atoms with Crippen molar-refractivity contribution in [2.24, 2.45) is 5.92 Å². The average Bonchev–Trinajstić information content (AvgIpc) is 3.20. The minimum absolute atomic E-state index is 0.168. The summed E-state index contributed by atoms with van der Waals surface area (Å²) in [5.41, 5.74) is -0.734. The second-order valence-corrected chi connectivity index (χ2v) is 6.97. The van der Waals surface area contributed by atoms with Crippen molar-refractivity contribution in [3.05, 3.63) is 34.1 Å². The molecule has 0 aliphatic heterocycles. The first kappa shape index (κ1) is 14.9. The van der Waals surface area contributed by atoms with Crippen LogP contribution in [0, 0.1) is 21.8 Å². The lowest BCUT2D eigenvalue weighted by Crippen LogP contribution is -2.36. The van der Waals surface area contributed by atoms with E-state index in [9.17, 15) is 22.9 Å². The van der Waals surface area contributed by atoms with Gasteiger partial charge in [0.25, 0.3) is 0 Å². The maximum absolute atomic E-state index is 13.5. The second-order valence-electron chi connectivity index (χ2n) is 4.97. The third-order valence-corrected chi connectivity index (χ3v) is 5.61. The van der Waals surface area contributed by atoms with Gasteiger partial charge in [-0.25, -0.2) is 8.42 Å². The van der Waals surface area contributed by atoms with E-state index in [-0.39, 0.29) is 10.9 Å². The molecule has 0 spiro atoms. The maximum atomic E-state index is 13.5. The molecule has 0 heterocycles. The quantitative estimate of drug-likeness (QED) is 0.616. The van der Waals surface area contributed by atoms with Crippen LogP contribution in [0.2, 0.25) is 0 Å². The summed E-state index contributed by atoms with van der Waals surface area (Å²) in [6.07, 6.45) is 1.96. The van der Waals surface area contributed by atoms with Gasteiger partial charge in [0.05, 0.1) is 9.82 Å². The van der Waals surface area contributed by atoms with Crippen LogP contribution in [0.15, 0.2) is 23.1 Å². The van der Waals surface area contributed by atoms with Crippen LogP contribution < -0.4 is 0 Å². The lowest BCUT2D eigenvalue weighted by Gasteiger charge is -2.24. The fourth-order valence-electron chi connectivity index (χ4n) is 2.06. The van der Waals surface area contributed by atoms with Gasteiger partial charge in [0.15, 0.2) is 0 Å². The van der Waals surface area contributed by atoms with Crippen molar-refractivity contribution < 1.29 is 17.7 Å². The molecule has 1 unspecified atom stereocenters. The van der Waals surface area contributed by atoms with Crippen LogP contribution in [0.3, 0.4) is 0 Å². The molecule has 1 atom stereocenters.